The fourth-order valence-corrected chi connectivity index (χ4v) is 2.14. The summed E-state index contributed by atoms with van der Waals surface area (Å²) in [5.74, 6) is 0. The molecule has 106 valence electrons. The number of hydrogen-bond donors (Lipinski definition) is 0. The van der Waals surface area contributed by atoms with Crippen LogP contribution in [0.5, 0.6) is 0 Å². The molecule has 0 bridgehead atoms. The molecule has 0 N–H and O–H groups in total. The SMILES string of the molecule is FC(F)c1ccc(-c2ccccc2C(F)(F)F)c(Cl)c1. The van der Waals surface area contributed by atoms with Crippen LogP contribution in [0.1, 0.15) is 17.6 Å². The van der Waals surface area contributed by atoms with E-state index in [1.807, 2.05) is 0 Å². The summed E-state index contributed by atoms with van der Waals surface area (Å²) in [6, 6.07) is 8.09. The van der Waals surface area contributed by atoms with Crippen molar-refractivity contribution in [3.63, 3.8) is 0 Å². The lowest BCUT2D eigenvalue weighted by Crippen LogP contribution is -2.07. The average Bonchev–Trinajstić information content (AvgIpc) is 2.37. The second kappa shape index (κ2) is 5.40. The van der Waals surface area contributed by atoms with Crippen LogP contribution < -0.4 is 0 Å². The first-order valence-electron chi connectivity index (χ1n) is 5.55. The highest BCUT2D eigenvalue weighted by molar-refractivity contribution is 6.33. The summed E-state index contributed by atoms with van der Waals surface area (Å²) in [5.41, 5.74) is -1.25. The van der Waals surface area contributed by atoms with E-state index in [0.29, 0.717) is 0 Å². The number of alkyl halides is 5. The van der Waals surface area contributed by atoms with E-state index in [4.69, 9.17) is 11.6 Å². The van der Waals surface area contributed by atoms with Crippen LogP contribution in [0.2, 0.25) is 5.02 Å². The largest absolute Gasteiger partial charge is 0.417 e. The molecule has 2 rings (SSSR count). The zero-order chi connectivity index (χ0) is 14.9. The van der Waals surface area contributed by atoms with Gasteiger partial charge in [0.05, 0.1) is 5.56 Å². The van der Waals surface area contributed by atoms with Gasteiger partial charge in [-0.05, 0) is 17.7 Å². The number of rotatable bonds is 2. The van der Waals surface area contributed by atoms with Crippen LogP contribution in [0.3, 0.4) is 0 Å². The molecule has 0 aliphatic heterocycles. The van der Waals surface area contributed by atoms with Gasteiger partial charge in [-0.2, -0.15) is 13.2 Å². The highest BCUT2D eigenvalue weighted by Crippen LogP contribution is 2.40. The Morgan fingerprint density at radius 3 is 2.10 bits per heavy atom. The second-order valence-corrected chi connectivity index (χ2v) is 4.49. The molecule has 0 radical (unpaired) electrons. The van der Waals surface area contributed by atoms with Crippen molar-refractivity contribution in [3.8, 4) is 11.1 Å². The van der Waals surface area contributed by atoms with Gasteiger partial charge in [0.15, 0.2) is 0 Å². The van der Waals surface area contributed by atoms with E-state index in [9.17, 15) is 22.0 Å². The molecule has 0 amide bonds. The van der Waals surface area contributed by atoms with Crippen molar-refractivity contribution in [2.75, 3.05) is 0 Å². The number of hydrogen-bond acceptors (Lipinski definition) is 0. The van der Waals surface area contributed by atoms with Gasteiger partial charge in [-0.15, -0.1) is 0 Å². The molecular weight excluding hydrogens is 299 g/mol. The van der Waals surface area contributed by atoms with Crippen molar-refractivity contribution in [2.24, 2.45) is 0 Å². The molecule has 0 nitrogen and oxygen atoms in total. The lowest BCUT2D eigenvalue weighted by Gasteiger charge is -2.14. The quantitative estimate of drug-likeness (QED) is 0.600. The van der Waals surface area contributed by atoms with Gasteiger partial charge in [-0.25, -0.2) is 8.78 Å². The standard InChI is InChI=1S/C14H8ClF5/c15-12-7-8(13(16)17)5-6-10(12)9-3-1-2-4-11(9)14(18,19)20/h1-7,13H. The molecule has 0 aliphatic rings. The second-order valence-electron chi connectivity index (χ2n) is 4.08. The molecule has 2 aromatic carbocycles. The summed E-state index contributed by atoms with van der Waals surface area (Å²) < 4.78 is 63.8. The Balaban J connectivity index is 2.58. The molecule has 0 aromatic heterocycles. The fourth-order valence-electron chi connectivity index (χ4n) is 1.85. The fraction of sp³-hybridized carbons (Fsp3) is 0.143. The van der Waals surface area contributed by atoms with Crippen molar-refractivity contribution < 1.29 is 22.0 Å². The molecule has 0 atom stereocenters. The summed E-state index contributed by atoms with van der Waals surface area (Å²) in [6.07, 6.45) is -7.26. The minimum absolute atomic E-state index is 0.0731. The van der Waals surface area contributed by atoms with Crippen LogP contribution in [0, 0.1) is 0 Å². The van der Waals surface area contributed by atoms with Crippen molar-refractivity contribution in [1.82, 2.24) is 0 Å². The predicted octanol–water partition coefficient (Wildman–Crippen LogP) is 5.96. The first kappa shape index (κ1) is 14.8. The van der Waals surface area contributed by atoms with Gasteiger partial charge in [0.25, 0.3) is 6.43 Å². The Labute approximate surface area is 116 Å². The topological polar surface area (TPSA) is 0 Å². The first-order chi connectivity index (χ1) is 9.30. The molecule has 0 aliphatic carbocycles. The van der Waals surface area contributed by atoms with Gasteiger partial charge < -0.3 is 0 Å². The van der Waals surface area contributed by atoms with Gasteiger partial charge in [-0.1, -0.05) is 41.9 Å². The maximum atomic E-state index is 12.9. The molecule has 0 heterocycles. The van der Waals surface area contributed by atoms with E-state index >= 15 is 0 Å². The molecule has 2 aromatic rings. The Morgan fingerprint density at radius 1 is 0.900 bits per heavy atom. The van der Waals surface area contributed by atoms with Crippen LogP contribution >= 0.6 is 11.6 Å². The van der Waals surface area contributed by atoms with E-state index in [2.05, 4.69) is 0 Å². The van der Waals surface area contributed by atoms with Crippen LogP contribution in [0.15, 0.2) is 42.5 Å². The van der Waals surface area contributed by atoms with Crippen molar-refractivity contribution in [1.29, 1.82) is 0 Å². The van der Waals surface area contributed by atoms with E-state index < -0.39 is 18.2 Å². The van der Waals surface area contributed by atoms with E-state index in [-0.39, 0.29) is 21.7 Å². The molecular formula is C14H8ClF5. The van der Waals surface area contributed by atoms with Gasteiger partial charge in [-0.3, -0.25) is 0 Å². The van der Waals surface area contributed by atoms with E-state index in [1.165, 1.54) is 24.3 Å². The lowest BCUT2D eigenvalue weighted by molar-refractivity contribution is -0.137. The van der Waals surface area contributed by atoms with Crippen LogP contribution in [-0.2, 0) is 6.18 Å². The van der Waals surface area contributed by atoms with E-state index in [1.54, 1.807) is 0 Å². The predicted molar refractivity (Wildman–Crippen MR) is 66.8 cm³/mol. The summed E-state index contributed by atoms with van der Waals surface area (Å²) in [5, 5.41) is -0.139. The molecule has 0 saturated carbocycles. The van der Waals surface area contributed by atoms with Crippen molar-refractivity contribution in [2.45, 2.75) is 12.6 Å². The van der Waals surface area contributed by atoms with Gasteiger partial charge in [0.2, 0.25) is 0 Å². The zero-order valence-corrected chi connectivity index (χ0v) is 10.6. The van der Waals surface area contributed by atoms with Crippen molar-refractivity contribution in [3.05, 3.63) is 58.6 Å². The average molecular weight is 307 g/mol. The highest BCUT2D eigenvalue weighted by Gasteiger charge is 2.33. The highest BCUT2D eigenvalue weighted by atomic mass is 35.5. The Hall–Kier alpha value is -1.62. The summed E-state index contributed by atoms with van der Waals surface area (Å²) >= 11 is 5.83. The maximum Gasteiger partial charge on any atom is 0.417 e. The molecule has 0 unspecified atom stereocenters. The monoisotopic (exact) mass is 306 g/mol. The third-order valence-corrected chi connectivity index (χ3v) is 3.08. The number of halogens is 6. The van der Waals surface area contributed by atoms with E-state index in [0.717, 1.165) is 18.2 Å². The third-order valence-electron chi connectivity index (χ3n) is 2.77. The van der Waals surface area contributed by atoms with Gasteiger partial charge >= 0.3 is 6.18 Å². The minimum Gasteiger partial charge on any atom is -0.205 e. The molecule has 0 spiro atoms. The normalized spacial score (nSPS) is 11.9. The van der Waals surface area contributed by atoms with Crippen LogP contribution in [-0.4, -0.2) is 0 Å². The molecule has 6 heteroatoms. The molecule has 20 heavy (non-hydrogen) atoms. The van der Waals surface area contributed by atoms with Gasteiger partial charge in [0.1, 0.15) is 0 Å². The minimum atomic E-state index is -4.54. The maximum absolute atomic E-state index is 12.9. The van der Waals surface area contributed by atoms with Gasteiger partial charge in [0, 0.05) is 16.1 Å². The zero-order valence-electron chi connectivity index (χ0n) is 9.89. The third kappa shape index (κ3) is 2.93. The molecule has 0 saturated heterocycles. The summed E-state index contributed by atoms with van der Waals surface area (Å²) in [7, 11) is 0. The lowest BCUT2D eigenvalue weighted by atomic mass is 9.98. The van der Waals surface area contributed by atoms with Crippen molar-refractivity contribution >= 4 is 11.6 Å². The Bertz CT molecular complexity index is 619. The Kier molecular flexibility index (Phi) is 3.99. The number of benzene rings is 2. The smallest absolute Gasteiger partial charge is 0.205 e. The summed E-state index contributed by atoms with van der Waals surface area (Å²) in [6.45, 7) is 0. The summed E-state index contributed by atoms with van der Waals surface area (Å²) in [4.78, 5) is 0. The Morgan fingerprint density at radius 2 is 1.55 bits per heavy atom. The van der Waals surface area contributed by atoms with Crippen LogP contribution in [0.25, 0.3) is 11.1 Å². The first-order valence-corrected chi connectivity index (χ1v) is 5.92. The molecule has 0 fully saturated rings. The van der Waals surface area contributed by atoms with Crippen LogP contribution in [0.4, 0.5) is 22.0 Å².